The minimum absolute atomic E-state index is 0.525. The maximum absolute atomic E-state index is 5.85. The number of nitrogens with two attached hydrogens (primary N) is 1. The first-order valence-electron chi connectivity index (χ1n) is 6.40. The summed E-state index contributed by atoms with van der Waals surface area (Å²) < 4.78 is 5.85. The molecule has 0 unspecified atom stereocenters. The summed E-state index contributed by atoms with van der Waals surface area (Å²) >= 11 is 0. The first-order valence-corrected chi connectivity index (χ1v) is 6.40. The lowest BCUT2D eigenvalue weighted by Gasteiger charge is -2.22. The van der Waals surface area contributed by atoms with Crippen LogP contribution in [0.5, 0.6) is 5.75 Å². The zero-order valence-electron chi connectivity index (χ0n) is 10.3. The molecular formula is C13H18N4O. The van der Waals surface area contributed by atoms with Crippen molar-refractivity contribution in [2.24, 2.45) is 5.92 Å². The average molecular weight is 246 g/mol. The number of aromatic amines is 1. The Kier molecular flexibility index (Phi) is 3.06. The largest absolute Gasteiger partial charge is 0.493 e. The quantitative estimate of drug-likeness (QED) is 0.767. The normalized spacial score (nSPS) is 17.1. The molecule has 0 amide bonds. The smallest absolute Gasteiger partial charge is 0.153 e. The molecule has 1 fully saturated rings. The van der Waals surface area contributed by atoms with E-state index in [9.17, 15) is 0 Å². The summed E-state index contributed by atoms with van der Waals surface area (Å²) in [5.41, 5.74) is 6.72. The number of hydrogen-bond acceptors (Lipinski definition) is 4. The van der Waals surface area contributed by atoms with Gasteiger partial charge in [0.1, 0.15) is 5.75 Å². The van der Waals surface area contributed by atoms with Gasteiger partial charge in [0.05, 0.1) is 12.1 Å². The summed E-state index contributed by atoms with van der Waals surface area (Å²) in [6.07, 6.45) is 2.38. The minimum Gasteiger partial charge on any atom is -0.493 e. The van der Waals surface area contributed by atoms with Crippen LogP contribution in [0.3, 0.4) is 0 Å². The molecule has 0 aliphatic carbocycles. The molecule has 1 aromatic carbocycles. The van der Waals surface area contributed by atoms with E-state index < -0.39 is 0 Å². The van der Waals surface area contributed by atoms with Gasteiger partial charge in [-0.05, 0) is 50.0 Å². The number of rotatable bonds is 3. The van der Waals surface area contributed by atoms with Gasteiger partial charge in [-0.15, -0.1) is 0 Å². The van der Waals surface area contributed by atoms with Crippen molar-refractivity contribution in [1.29, 1.82) is 0 Å². The van der Waals surface area contributed by atoms with Crippen LogP contribution >= 0.6 is 0 Å². The number of ether oxygens (including phenoxy) is 1. The van der Waals surface area contributed by atoms with Crippen LogP contribution < -0.4 is 15.8 Å². The second-order valence-electron chi connectivity index (χ2n) is 4.82. The molecule has 0 radical (unpaired) electrons. The number of hydrogen-bond donors (Lipinski definition) is 3. The van der Waals surface area contributed by atoms with Gasteiger partial charge in [0.25, 0.3) is 0 Å². The highest BCUT2D eigenvalue weighted by atomic mass is 16.5. The van der Waals surface area contributed by atoms with Crippen LogP contribution in [-0.2, 0) is 0 Å². The van der Waals surface area contributed by atoms with Gasteiger partial charge in [-0.25, -0.2) is 0 Å². The van der Waals surface area contributed by atoms with Gasteiger partial charge in [-0.2, -0.15) is 5.10 Å². The summed E-state index contributed by atoms with van der Waals surface area (Å²) in [4.78, 5) is 0. The van der Waals surface area contributed by atoms with Gasteiger partial charge in [0.2, 0.25) is 0 Å². The van der Waals surface area contributed by atoms with Crippen molar-refractivity contribution < 1.29 is 4.74 Å². The number of nitrogens with zero attached hydrogens (tertiary/aromatic N) is 1. The predicted octanol–water partition coefficient (Wildman–Crippen LogP) is 1.52. The van der Waals surface area contributed by atoms with Crippen LogP contribution in [0.1, 0.15) is 12.8 Å². The fourth-order valence-electron chi connectivity index (χ4n) is 2.37. The Labute approximate surface area is 106 Å². The molecular weight excluding hydrogens is 228 g/mol. The van der Waals surface area contributed by atoms with E-state index in [4.69, 9.17) is 10.5 Å². The Morgan fingerprint density at radius 1 is 1.33 bits per heavy atom. The van der Waals surface area contributed by atoms with Crippen molar-refractivity contribution in [1.82, 2.24) is 15.5 Å². The second kappa shape index (κ2) is 4.86. The predicted molar refractivity (Wildman–Crippen MR) is 71.6 cm³/mol. The van der Waals surface area contributed by atoms with Gasteiger partial charge in [-0.1, -0.05) is 0 Å². The number of aromatic nitrogens is 2. The highest BCUT2D eigenvalue weighted by molar-refractivity contribution is 5.89. The maximum Gasteiger partial charge on any atom is 0.153 e. The highest BCUT2D eigenvalue weighted by Crippen LogP contribution is 2.24. The van der Waals surface area contributed by atoms with Gasteiger partial charge < -0.3 is 15.8 Å². The highest BCUT2D eigenvalue weighted by Gasteiger charge is 2.13. The standard InChI is InChI=1S/C13H18N4O/c14-13-11-7-10(1-2-12(11)16-17-13)18-8-9-3-5-15-6-4-9/h1-2,7,9,15H,3-6,8H2,(H3,14,16,17). The van der Waals surface area contributed by atoms with E-state index in [1.807, 2.05) is 18.2 Å². The molecule has 5 heteroatoms. The Morgan fingerprint density at radius 2 is 2.17 bits per heavy atom. The van der Waals surface area contributed by atoms with Crippen molar-refractivity contribution in [2.75, 3.05) is 25.4 Å². The van der Waals surface area contributed by atoms with Crippen LogP contribution in [0.15, 0.2) is 18.2 Å². The summed E-state index contributed by atoms with van der Waals surface area (Å²) in [6, 6.07) is 5.87. The molecule has 96 valence electrons. The molecule has 1 saturated heterocycles. The topological polar surface area (TPSA) is 76.0 Å². The number of anilines is 1. The number of H-pyrrole nitrogens is 1. The maximum atomic E-state index is 5.85. The van der Waals surface area contributed by atoms with Gasteiger partial charge >= 0.3 is 0 Å². The molecule has 0 bridgehead atoms. The fraction of sp³-hybridized carbons (Fsp3) is 0.462. The Bertz CT molecular complexity index is 531. The van der Waals surface area contributed by atoms with Crippen LogP contribution in [0.4, 0.5) is 5.82 Å². The van der Waals surface area contributed by atoms with E-state index in [0.717, 1.165) is 36.3 Å². The first kappa shape index (κ1) is 11.3. The van der Waals surface area contributed by atoms with Crippen molar-refractivity contribution in [3.63, 3.8) is 0 Å². The molecule has 0 saturated carbocycles. The lowest BCUT2D eigenvalue weighted by molar-refractivity contribution is 0.215. The molecule has 1 aliphatic heterocycles. The summed E-state index contributed by atoms with van der Waals surface area (Å²) in [5, 5.41) is 11.1. The van der Waals surface area contributed by atoms with Gasteiger partial charge in [-0.3, -0.25) is 5.10 Å². The summed E-state index contributed by atoms with van der Waals surface area (Å²) in [5.74, 6) is 2.05. The Morgan fingerprint density at radius 3 is 3.00 bits per heavy atom. The molecule has 0 atom stereocenters. The van der Waals surface area contributed by atoms with E-state index in [-0.39, 0.29) is 0 Å². The molecule has 5 nitrogen and oxygen atoms in total. The fourth-order valence-corrected chi connectivity index (χ4v) is 2.37. The van der Waals surface area contributed by atoms with Crippen LogP contribution in [0.25, 0.3) is 10.9 Å². The summed E-state index contributed by atoms with van der Waals surface area (Å²) in [6.45, 7) is 2.98. The summed E-state index contributed by atoms with van der Waals surface area (Å²) in [7, 11) is 0. The molecule has 1 aliphatic rings. The Balaban J connectivity index is 1.68. The molecule has 2 aromatic rings. The van der Waals surface area contributed by atoms with Crippen molar-refractivity contribution in [2.45, 2.75) is 12.8 Å². The number of piperidine rings is 1. The molecule has 3 rings (SSSR count). The number of nitrogens with one attached hydrogen (secondary N) is 2. The number of nitrogen functional groups attached to an aromatic ring is 1. The van der Waals surface area contributed by atoms with Gasteiger partial charge in [0.15, 0.2) is 5.82 Å². The molecule has 4 N–H and O–H groups in total. The number of benzene rings is 1. The van der Waals surface area contributed by atoms with E-state index in [2.05, 4.69) is 15.5 Å². The Hall–Kier alpha value is -1.75. The number of fused-ring (bicyclic) bond motifs is 1. The zero-order chi connectivity index (χ0) is 12.4. The third-order valence-electron chi connectivity index (χ3n) is 3.51. The lowest BCUT2D eigenvalue weighted by atomic mass is 9.99. The molecule has 0 spiro atoms. The monoisotopic (exact) mass is 246 g/mol. The van der Waals surface area contributed by atoms with Crippen LogP contribution in [0.2, 0.25) is 0 Å². The van der Waals surface area contributed by atoms with E-state index in [0.29, 0.717) is 11.7 Å². The van der Waals surface area contributed by atoms with Gasteiger partial charge in [0, 0.05) is 5.39 Å². The van der Waals surface area contributed by atoms with Crippen molar-refractivity contribution in [3.05, 3.63) is 18.2 Å². The third-order valence-corrected chi connectivity index (χ3v) is 3.51. The zero-order valence-corrected chi connectivity index (χ0v) is 10.3. The van der Waals surface area contributed by atoms with Crippen LogP contribution in [-0.4, -0.2) is 29.9 Å². The first-order chi connectivity index (χ1) is 8.83. The average Bonchev–Trinajstić information content (AvgIpc) is 2.79. The van der Waals surface area contributed by atoms with E-state index in [1.165, 1.54) is 12.8 Å². The molecule has 1 aromatic heterocycles. The molecule has 2 heterocycles. The lowest BCUT2D eigenvalue weighted by Crippen LogP contribution is -2.30. The second-order valence-corrected chi connectivity index (χ2v) is 4.82. The SMILES string of the molecule is Nc1n[nH]c2ccc(OCC3CCNCC3)cc12. The van der Waals surface area contributed by atoms with E-state index >= 15 is 0 Å². The van der Waals surface area contributed by atoms with E-state index in [1.54, 1.807) is 0 Å². The minimum atomic E-state index is 0.525. The van der Waals surface area contributed by atoms with Crippen molar-refractivity contribution in [3.8, 4) is 5.75 Å². The van der Waals surface area contributed by atoms with Crippen molar-refractivity contribution >= 4 is 16.7 Å². The third kappa shape index (κ3) is 2.26. The van der Waals surface area contributed by atoms with Crippen LogP contribution in [0, 0.1) is 5.92 Å². The molecule has 18 heavy (non-hydrogen) atoms.